The van der Waals surface area contributed by atoms with Gasteiger partial charge in [0.2, 0.25) is 0 Å². The Balaban J connectivity index is 4.56. The first-order valence-corrected chi connectivity index (χ1v) is 4.78. The summed E-state index contributed by atoms with van der Waals surface area (Å²) in [4.78, 5) is 32.4. The Morgan fingerprint density at radius 3 is 1.69 bits per heavy atom. The largest absolute Gasteiger partial charge is 0.481 e. The van der Waals surface area contributed by atoms with Crippen LogP contribution in [0.3, 0.4) is 0 Å². The van der Waals surface area contributed by atoms with Crippen molar-refractivity contribution in [3.05, 3.63) is 0 Å². The molecule has 0 aliphatic carbocycles. The number of hydrogen-bond donors (Lipinski definition) is 2. The molecule has 0 fully saturated rings. The van der Waals surface area contributed by atoms with Crippen molar-refractivity contribution in [3.63, 3.8) is 0 Å². The summed E-state index contributed by atoms with van der Waals surface area (Å²) >= 11 is 0. The van der Waals surface area contributed by atoms with Gasteiger partial charge in [-0.15, -0.1) is 0 Å². The maximum absolute atomic E-state index is 11.5. The smallest absolute Gasteiger partial charge is 0.310 e. The predicted molar refractivity (Wildman–Crippen MR) is 53.8 cm³/mol. The molecule has 16 heavy (non-hydrogen) atoms. The highest BCUT2D eigenvalue weighted by Gasteiger charge is 2.29. The van der Waals surface area contributed by atoms with Gasteiger partial charge in [0.15, 0.2) is 0 Å². The lowest BCUT2D eigenvalue weighted by Crippen LogP contribution is -2.31. The SMILES string of the molecule is CC(C)(C)OC(=O)C(CC(=O)O)CC(=O)O. The Kier molecular flexibility index (Phi) is 4.94. The molecule has 2 N–H and O–H groups in total. The van der Waals surface area contributed by atoms with Crippen LogP contribution in [-0.4, -0.2) is 33.7 Å². The zero-order chi connectivity index (χ0) is 12.9. The number of aliphatic carboxylic acids is 2. The van der Waals surface area contributed by atoms with Crippen molar-refractivity contribution >= 4 is 17.9 Å². The molecule has 0 aromatic rings. The van der Waals surface area contributed by atoms with E-state index < -0.39 is 42.3 Å². The van der Waals surface area contributed by atoms with E-state index in [2.05, 4.69) is 0 Å². The van der Waals surface area contributed by atoms with Crippen molar-refractivity contribution in [2.24, 2.45) is 5.92 Å². The van der Waals surface area contributed by atoms with Crippen molar-refractivity contribution in [1.82, 2.24) is 0 Å². The Morgan fingerprint density at radius 2 is 1.44 bits per heavy atom. The number of rotatable bonds is 5. The average molecular weight is 232 g/mol. The molecule has 0 unspecified atom stereocenters. The quantitative estimate of drug-likeness (QED) is 0.683. The van der Waals surface area contributed by atoms with E-state index in [9.17, 15) is 14.4 Å². The number of carboxylic acids is 2. The third-order valence-corrected chi connectivity index (χ3v) is 1.58. The van der Waals surface area contributed by atoms with Crippen LogP contribution in [0, 0.1) is 5.92 Å². The van der Waals surface area contributed by atoms with Gasteiger partial charge in [-0.2, -0.15) is 0 Å². The molecule has 0 spiro atoms. The van der Waals surface area contributed by atoms with Crippen LogP contribution in [0.15, 0.2) is 0 Å². The maximum atomic E-state index is 11.5. The zero-order valence-electron chi connectivity index (χ0n) is 9.52. The lowest BCUT2D eigenvalue weighted by molar-refractivity contribution is -0.165. The van der Waals surface area contributed by atoms with Crippen LogP contribution in [0.4, 0.5) is 0 Å². The summed E-state index contributed by atoms with van der Waals surface area (Å²) in [5, 5.41) is 17.1. The second-order valence-corrected chi connectivity index (χ2v) is 4.43. The molecule has 92 valence electrons. The molecule has 0 heterocycles. The molecule has 6 heteroatoms. The van der Waals surface area contributed by atoms with Crippen LogP contribution < -0.4 is 0 Å². The average Bonchev–Trinajstić information content (AvgIpc) is 1.97. The van der Waals surface area contributed by atoms with Crippen LogP contribution >= 0.6 is 0 Å². The minimum atomic E-state index is -1.22. The van der Waals surface area contributed by atoms with E-state index in [1.807, 2.05) is 0 Å². The van der Waals surface area contributed by atoms with Crippen LogP contribution in [-0.2, 0) is 19.1 Å². The lowest BCUT2D eigenvalue weighted by Gasteiger charge is -2.22. The van der Waals surface area contributed by atoms with E-state index in [1.165, 1.54) is 0 Å². The van der Waals surface area contributed by atoms with Crippen LogP contribution in [0.2, 0.25) is 0 Å². The van der Waals surface area contributed by atoms with E-state index in [4.69, 9.17) is 14.9 Å². The Labute approximate surface area is 93.2 Å². The van der Waals surface area contributed by atoms with Gasteiger partial charge in [0.05, 0.1) is 18.8 Å². The summed E-state index contributed by atoms with van der Waals surface area (Å²) in [6.07, 6.45) is -1.08. The highest BCUT2D eigenvalue weighted by molar-refractivity contribution is 5.83. The number of hydrogen-bond acceptors (Lipinski definition) is 4. The topological polar surface area (TPSA) is 101 Å². The fraction of sp³-hybridized carbons (Fsp3) is 0.700. The van der Waals surface area contributed by atoms with E-state index in [0.29, 0.717) is 0 Å². The summed E-state index contributed by atoms with van der Waals surface area (Å²) in [6.45, 7) is 4.89. The first-order chi connectivity index (χ1) is 7.11. The molecule has 0 aromatic carbocycles. The van der Waals surface area contributed by atoms with Crippen LogP contribution in [0.25, 0.3) is 0 Å². The molecule has 0 atom stereocenters. The zero-order valence-corrected chi connectivity index (χ0v) is 9.52. The third-order valence-electron chi connectivity index (χ3n) is 1.58. The van der Waals surface area contributed by atoms with Crippen molar-refractivity contribution in [1.29, 1.82) is 0 Å². The Bertz CT molecular complexity index is 272. The molecule has 6 nitrogen and oxygen atoms in total. The summed E-state index contributed by atoms with van der Waals surface area (Å²) < 4.78 is 4.94. The van der Waals surface area contributed by atoms with E-state index in [0.717, 1.165) is 0 Å². The second kappa shape index (κ2) is 5.48. The highest BCUT2D eigenvalue weighted by atomic mass is 16.6. The van der Waals surface area contributed by atoms with Crippen LogP contribution in [0.5, 0.6) is 0 Å². The molecule has 0 aliphatic heterocycles. The molecule has 0 aromatic heterocycles. The van der Waals surface area contributed by atoms with Crippen molar-refractivity contribution in [3.8, 4) is 0 Å². The summed E-state index contributed by atoms with van der Waals surface area (Å²) in [5.74, 6) is -4.39. The van der Waals surface area contributed by atoms with Gasteiger partial charge in [-0.25, -0.2) is 0 Å². The fourth-order valence-corrected chi connectivity index (χ4v) is 1.05. The van der Waals surface area contributed by atoms with Gasteiger partial charge in [0.1, 0.15) is 5.60 Å². The van der Waals surface area contributed by atoms with Gasteiger partial charge in [-0.05, 0) is 20.8 Å². The molecular weight excluding hydrogens is 216 g/mol. The van der Waals surface area contributed by atoms with Crippen molar-refractivity contribution < 1.29 is 29.3 Å². The molecule has 0 saturated carbocycles. The highest BCUT2D eigenvalue weighted by Crippen LogP contribution is 2.16. The molecule has 0 saturated heterocycles. The van der Waals surface area contributed by atoms with E-state index in [1.54, 1.807) is 20.8 Å². The molecule has 0 radical (unpaired) electrons. The first kappa shape index (κ1) is 14.4. The number of carbonyl (C=O) groups is 3. The summed E-state index contributed by atoms with van der Waals surface area (Å²) in [5.41, 5.74) is -0.758. The number of ether oxygens (including phenoxy) is 1. The van der Waals surface area contributed by atoms with Gasteiger partial charge in [0, 0.05) is 0 Å². The second-order valence-electron chi connectivity index (χ2n) is 4.43. The fourth-order valence-electron chi connectivity index (χ4n) is 1.05. The van der Waals surface area contributed by atoms with Crippen LogP contribution in [0.1, 0.15) is 33.6 Å². The molecule has 0 aliphatic rings. The van der Waals surface area contributed by atoms with Gasteiger partial charge in [-0.1, -0.05) is 0 Å². The van der Waals surface area contributed by atoms with Gasteiger partial charge >= 0.3 is 17.9 Å². The van der Waals surface area contributed by atoms with Crippen molar-refractivity contribution in [2.75, 3.05) is 0 Å². The predicted octanol–water partition coefficient (Wildman–Crippen LogP) is 0.894. The summed E-state index contributed by atoms with van der Waals surface area (Å²) in [6, 6.07) is 0. The Hall–Kier alpha value is -1.59. The standard InChI is InChI=1S/C10H16O6/c1-10(2,3)16-9(15)6(4-7(11)12)5-8(13)14/h6H,4-5H2,1-3H3,(H,11,12)(H,13,14). The normalized spacial score (nSPS) is 11.2. The third kappa shape index (κ3) is 6.80. The van der Waals surface area contributed by atoms with Gasteiger partial charge < -0.3 is 14.9 Å². The van der Waals surface area contributed by atoms with Crippen molar-refractivity contribution in [2.45, 2.75) is 39.2 Å². The molecule has 0 amide bonds. The van der Waals surface area contributed by atoms with E-state index in [-0.39, 0.29) is 0 Å². The minimum absolute atomic E-state index is 0.540. The van der Waals surface area contributed by atoms with Gasteiger partial charge in [0.25, 0.3) is 0 Å². The maximum Gasteiger partial charge on any atom is 0.310 e. The monoisotopic (exact) mass is 232 g/mol. The summed E-state index contributed by atoms with van der Waals surface area (Å²) in [7, 11) is 0. The number of carbonyl (C=O) groups excluding carboxylic acids is 1. The van der Waals surface area contributed by atoms with Gasteiger partial charge in [-0.3, -0.25) is 14.4 Å². The molecule has 0 rings (SSSR count). The first-order valence-electron chi connectivity index (χ1n) is 4.78. The molecule has 0 bridgehead atoms. The lowest BCUT2D eigenvalue weighted by atomic mass is 10.0. The van der Waals surface area contributed by atoms with E-state index >= 15 is 0 Å². The molecular formula is C10H16O6. The number of esters is 1. The number of carboxylic acid groups (broad SMARTS) is 2. The minimum Gasteiger partial charge on any atom is -0.481 e. The Morgan fingerprint density at radius 1 is 1.06 bits per heavy atom.